The zero-order valence-corrected chi connectivity index (χ0v) is 21.6. The lowest BCUT2D eigenvalue weighted by Gasteiger charge is -2.33. The maximum atomic E-state index is 12.1. The number of hydrazone groups is 1. The number of carbonyl (C=O) groups is 2. The van der Waals surface area contributed by atoms with E-state index in [1.54, 1.807) is 48.5 Å². The van der Waals surface area contributed by atoms with Gasteiger partial charge >= 0.3 is 5.97 Å². The molecule has 188 valence electrons. The van der Waals surface area contributed by atoms with Crippen molar-refractivity contribution in [2.24, 2.45) is 10.5 Å². The molecule has 0 saturated carbocycles. The van der Waals surface area contributed by atoms with Crippen LogP contribution in [-0.2, 0) is 10.2 Å². The Kier molecular flexibility index (Phi) is 8.64. The van der Waals surface area contributed by atoms with Crippen LogP contribution in [0.1, 0.15) is 62.5 Å². The van der Waals surface area contributed by atoms with Crippen LogP contribution in [0.4, 0.5) is 0 Å². The van der Waals surface area contributed by atoms with Crippen molar-refractivity contribution in [1.29, 1.82) is 0 Å². The van der Waals surface area contributed by atoms with Gasteiger partial charge in [-0.2, -0.15) is 5.10 Å². The normalized spacial score (nSPS) is 11.8. The molecule has 3 rings (SSSR count). The molecule has 0 aliphatic carbocycles. The van der Waals surface area contributed by atoms with Crippen molar-refractivity contribution < 1.29 is 19.1 Å². The summed E-state index contributed by atoms with van der Waals surface area (Å²) in [7, 11) is 0. The average molecular weight is 487 g/mol. The predicted octanol–water partition coefficient (Wildman–Crippen LogP) is 6.15. The zero-order valence-electron chi connectivity index (χ0n) is 21.6. The standard InChI is InChI=1S/C30H34N2O4/c1-29(2,3)21-30(4,5)24-13-17-25(18-14-24)35-20-27(33)32-31-19-22-11-15-26(16-12-22)36-28(34)23-9-7-6-8-10-23/h6-19H,20-21H2,1-5H3,(H,32,33). The summed E-state index contributed by atoms with van der Waals surface area (Å²) in [6.45, 7) is 11.1. The SMILES string of the molecule is CC(C)(C)CC(C)(C)c1ccc(OCC(=O)NN=Cc2ccc(OC(=O)c3ccccc3)cc2)cc1. The molecule has 0 saturated heterocycles. The Labute approximate surface area is 213 Å². The Hall–Kier alpha value is -3.93. The van der Waals surface area contributed by atoms with Gasteiger partial charge in [-0.3, -0.25) is 4.79 Å². The summed E-state index contributed by atoms with van der Waals surface area (Å²) >= 11 is 0. The van der Waals surface area contributed by atoms with Crippen molar-refractivity contribution in [3.05, 3.63) is 95.6 Å². The fourth-order valence-corrected chi connectivity index (χ4v) is 4.15. The van der Waals surface area contributed by atoms with Gasteiger partial charge in [-0.25, -0.2) is 10.2 Å². The minimum absolute atomic E-state index is 0.0463. The van der Waals surface area contributed by atoms with E-state index in [4.69, 9.17) is 9.47 Å². The summed E-state index contributed by atoms with van der Waals surface area (Å²) in [4.78, 5) is 24.2. The number of nitrogens with one attached hydrogen (secondary N) is 1. The summed E-state index contributed by atoms with van der Waals surface area (Å²) in [6, 6.07) is 23.5. The van der Waals surface area contributed by atoms with Crippen molar-refractivity contribution in [2.45, 2.75) is 46.5 Å². The quantitative estimate of drug-likeness (QED) is 0.170. The fourth-order valence-electron chi connectivity index (χ4n) is 4.15. The monoisotopic (exact) mass is 486 g/mol. The van der Waals surface area contributed by atoms with Crippen LogP contribution in [0.25, 0.3) is 0 Å². The van der Waals surface area contributed by atoms with Crippen LogP contribution >= 0.6 is 0 Å². The van der Waals surface area contributed by atoms with E-state index in [0.717, 1.165) is 12.0 Å². The second kappa shape index (κ2) is 11.7. The molecular formula is C30H34N2O4. The molecule has 0 radical (unpaired) electrons. The van der Waals surface area contributed by atoms with Gasteiger partial charge in [0, 0.05) is 0 Å². The minimum Gasteiger partial charge on any atom is -0.484 e. The highest BCUT2D eigenvalue weighted by molar-refractivity contribution is 5.91. The molecule has 3 aromatic rings. The van der Waals surface area contributed by atoms with Gasteiger partial charge in [0.15, 0.2) is 6.61 Å². The Balaban J connectivity index is 1.44. The van der Waals surface area contributed by atoms with Crippen LogP contribution in [-0.4, -0.2) is 24.7 Å². The Bertz CT molecular complexity index is 1180. The van der Waals surface area contributed by atoms with Crippen molar-refractivity contribution in [1.82, 2.24) is 5.43 Å². The molecule has 6 heteroatoms. The highest BCUT2D eigenvalue weighted by Gasteiger charge is 2.27. The van der Waals surface area contributed by atoms with E-state index in [1.807, 2.05) is 18.2 Å². The largest absolute Gasteiger partial charge is 0.484 e. The van der Waals surface area contributed by atoms with Crippen molar-refractivity contribution in [3.63, 3.8) is 0 Å². The van der Waals surface area contributed by atoms with Crippen molar-refractivity contribution in [3.8, 4) is 11.5 Å². The average Bonchev–Trinajstić information content (AvgIpc) is 2.83. The van der Waals surface area contributed by atoms with E-state index in [0.29, 0.717) is 17.1 Å². The number of ether oxygens (including phenoxy) is 2. The van der Waals surface area contributed by atoms with E-state index in [1.165, 1.54) is 11.8 Å². The number of nitrogens with zero attached hydrogens (tertiary/aromatic N) is 1. The van der Waals surface area contributed by atoms with Crippen LogP contribution in [0, 0.1) is 5.41 Å². The third-order valence-corrected chi connectivity index (χ3v) is 5.48. The lowest BCUT2D eigenvalue weighted by Crippen LogP contribution is -2.25. The van der Waals surface area contributed by atoms with Gasteiger partial charge in [0.1, 0.15) is 11.5 Å². The van der Waals surface area contributed by atoms with E-state index in [-0.39, 0.29) is 23.3 Å². The van der Waals surface area contributed by atoms with Gasteiger partial charge in [0.05, 0.1) is 11.8 Å². The number of benzene rings is 3. The maximum absolute atomic E-state index is 12.1. The summed E-state index contributed by atoms with van der Waals surface area (Å²) in [5, 5.41) is 3.96. The number of hydrogen-bond acceptors (Lipinski definition) is 5. The second-order valence-electron chi connectivity index (χ2n) is 10.6. The number of amides is 1. The van der Waals surface area contributed by atoms with Crippen LogP contribution in [0.15, 0.2) is 84.0 Å². The lowest BCUT2D eigenvalue weighted by molar-refractivity contribution is -0.123. The number of rotatable bonds is 9. The Morgan fingerprint density at radius 3 is 2.06 bits per heavy atom. The smallest absolute Gasteiger partial charge is 0.343 e. The van der Waals surface area contributed by atoms with Gasteiger partial charge in [-0.1, -0.05) is 65.0 Å². The first-order chi connectivity index (χ1) is 17.0. The summed E-state index contributed by atoms with van der Waals surface area (Å²) in [5.74, 6) is 0.265. The van der Waals surface area contributed by atoms with Gasteiger partial charge in [-0.15, -0.1) is 0 Å². The second-order valence-corrected chi connectivity index (χ2v) is 10.6. The molecule has 1 amide bonds. The highest BCUT2D eigenvalue weighted by atomic mass is 16.5. The fraction of sp³-hybridized carbons (Fsp3) is 0.300. The van der Waals surface area contributed by atoms with Crippen molar-refractivity contribution >= 4 is 18.1 Å². The molecule has 0 unspecified atom stereocenters. The zero-order chi connectivity index (χ0) is 26.2. The third-order valence-electron chi connectivity index (χ3n) is 5.48. The molecule has 6 nitrogen and oxygen atoms in total. The molecule has 0 spiro atoms. The highest BCUT2D eigenvalue weighted by Crippen LogP contribution is 2.36. The topological polar surface area (TPSA) is 77.0 Å². The molecule has 36 heavy (non-hydrogen) atoms. The molecule has 3 aromatic carbocycles. The van der Waals surface area contributed by atoms with Crippen LogP contribution in [0.2, 0.25) is 0 Å². The first-order valence-corrected chi connectivity index (χ1v) is 11.9. The molecule has 1 N–H and O–H groups in total. The molecule has 0 bridgehead atoms. The lowest BCUT2D eigenvalue weighted by atomic mass is 9.72. The first kappa shape index (κ1) is 26.7. The third kappa shape index (κ3) is 8.38. The predicted molar refractivity (Wildman–Crippen MR) is 143 cm³/mol. The molecule has 0 fully saturated rings. The number of hydrogen-bond donors (Lipinski definition) is 1. The van der Waals surface area contributed by atoms with E-state index in [2.05, 4.69) is 57.3 Å². The van der Waals surface area contributed by atoms with Gasteiger partial charge in [0.2, 0.25) is 0 Å². The van der Waals surface area contributed by atoms with E-state index in [9.17, 15) is 9.59 Å². The van der Waals surface area contributed by atoms with E-state index < -0.39 is 5.97 Å². The van der Waals surface area contributed by atoms with Gasteiger partial charge < -0.3 is 9.47 Å². The molecule has 0 atom stereocenters. The van der Waals surface area contributed by atoms with Crippen molar-refractivity contribution in [2.75, 3.05) is 6.61 Å². The molecular weight excluding hydrogens is 452 g/mol. The molecule has 0 aliphatic rings. The Morgan fingerprint density at radius 2 is 1.44 bits per heavy atom. The number of esters is 1. The maximum Gasteiger partial charge on any atom is 0.343 e. The molecule has 0 heterocycles. The number of carbonyl (C=O) groups excluding carboxylic acids is 2. The van der Waals surface area contributed by atoms with Crippen LogP contribution < -0.4 is 14.9 Å². The van der Waals surface area contributed by atoms with Crippen LogP contribution in [0.5, 0.6) is 11.5 Å². The summed E-state index contributed by atoms with van der Waals surface area (Å²) in [6.07, 6.45) is 2.56. The summed E-state index contributed by atoms with van der Waals surface area (Å²) in [5.41, 5.74) is 5.18. The first-order valence-electron chi connectivity index (χ1n) is 11.9. The summed E-state index contributed by atoms with van der Waals surface area (Å²) < 4.78 is 10.9. The van der Waals surface area contributed by atoms with Gasteiger partial charge in [0.25, 0.3) is 5.91 Å². The van der Waals surface area contributed by atoms with E-state index >= 15 is 0 Å². The Morgan fingerprint density at radius 1 is 0.833 bits per heavy atom. The van der Waals surface area contributed by atoms with Gasteiger partial charge in [-0.05, 0) is 76.9 Å². The van der Waals surface area contributed by atoms with Crippen LogP contribution in [0.3, 0.4) is 0 Å². The minimum atomic E-state index is -0.424. The molecule has 0 aliphatic heterocycles. The molecule has 0 aromatic heterocycles.